The molecule has 0 unspecified atom stereocenters. The highest BCUT2D eigenvalue weighted by atomic mass is 79.9. The molecule has 1 aromatic rings. The van der Waals surface area contributed by atoms with Crippen molar-refractivity contribution in [1.29, 1.82) is 0 Å². The van der Waals surface area contributed by atoms with Crippen molar-refractivity contribution < 1.29 is 4.79 Å². The van der Waals surface area contributed by atoms with Crippen LogP contribution in [0.3, 0.4) is 0 Å². The van der Waals surface area contributed by atoms with Crippen molar-refractivity contribution in [2.24, 2.45) is 11.3 Å². The number of hydrogen-bond donors (Lipinski definition) is 2. The van der Waals surface area contributed by atoms with Gasteiger partial charge in [0, 0.05) is 11.0 Å². The Bertz CT molecular complexity index is 455. The van der Waals surface area contributed by atoms with Gasteiger partial charge in [0.2, 0.25) is 5.91 Å². The van der Waals surface area contributed by atoms with E-state index >= 15 is 0 Å². The number of anilines is 1. The molecule has 104 valence electrons. The summed E-state index contributed by atoms with van der Waals surface area (Å²) in [5.41, 5.74) is 1.26. The predicted molar refractivity (Wildman–Crippen MR) is 82.1 cm³/mol. The molecule has 4 heteroatoms. The SMILES string of the molecule is CC(C)C1(CNCC(=O)Nc2ccccc2Br)CC1. The molecule has 0 bridgehead atoms. The minimum absolute atomic E-state index is 0.00598. The number of halogens is 1. The first-order chi connectivity index (χ1) is 9.03. The zero-order valence-corrected chi connectivity index (χ0v) is 13.1. The lowest BCUT2D eigenvalue weighted by molar-refractivity contribution is -0.115. The first kappa shape index (κ1) is 14.5. The lowest BCUT2D eigenvalue weighted by Crippen LogP contribution is -2.34. The van der Waals surface area contributed by atoms with E-state index in [0.29, 0.717) is 17.9 Å². The predicted octanol–water partition coefficient (Wildman–Crippen LogP) is 3.41. The van der Waals surface area contributed by atoms with E-state index in [-0.39, 0.29) is 5.91 Å². The van der Waals surface area contributed by atoms with Gasteiger partial charge < -0.3 is 10.6 Å². The van der Waals surface area contributed by atoms with Gasteiger partial charge in [0.1, 0.15) is 0 Å². The minimum atomic E-state index is 0.00598. The summed E-state index contributed by atoms with van der Waals surface area (Å²) >= 11 is 3.42. The Labute approximate surface area is 123 Å². The lowest BCUT2D eigenvalue weighted by atomic mass is 9.92. The highest BCUT2D eigenvalue weighted by Crippen LogP contribution is 2.51. The van der Waals surface area contributed by atoms with Crippen LogP contribution in [-0.2, 0) is 4.79 Å². The van der Waals surface area contributed by atoms with Crippen LogP contribution in [0.25, 0.3) is 0 Å². The van der Waals surface area contributed by atoms with Crippen LogP contribution in [0.2, 0.25) is 0 Å². The second-order valence-corrected chi connectivity index (χ2v) is 6.50. The van der Waals surface area contributed by atoms with Crippen molar-refractivity contribution in [2.75, 3.05) is 18.4 Å². The van der Waals surface area contributed by atoms with Gasteiger partial charge in [-0.1, -0.05) is 26.0 Å². The molecule has 1 aliphatic carbocycles. The Balaban J connectivity index is 1.75. The van der Waals surface area contributed by atoms with Crippen molar-refractivity contribution in [3.05, 3.63) is 28.7 Å². The number of hydrogen-bond acceptors (Lipinski definition) is 2. The van der Waals surface area contributed by atoms with Gasteiger partial charge in [-0.25, -0.2) is 0 Å². The minimum Gasteiger partial charge on any atom is -0.324 e. The molecular formula is C15H21BrN2O. The Morgan fingerprint density at radius 3 is 2.63 bits per heavy atom. The van der Waals surface area contributed by atoms with Gasteiger partial charge in [0.05, 0.1) is 12.2 Å². The van der Waals surface area contributed by atoms with Gasteiger partial charge in [-0.3, -0.25) is 4.79 Å². The third kappa shape index (κ3) is 3.80. The lowest BCUT2D eigenvalue weighted by Gasteiger charge is -2.19. The van der Waals surface area contributed by atoms with Gasteiger partial charge in [-0.15, -0.1) is 0 Å². The van der Waals surface area contributed by atoms with E-state index in [4.69, 9.17) is 0 Å². The molecule has 0 aliphatic heterocycles. The molecular weight excluding hydrogens is 304 g/mol. The van der Waals surface area contributed by atoms with Crippen LogP contribution >= 0.6 is 15.9 Å². The van der Waals surface area contributed by atoms with E-state index in [2.05, 4.69) is 40.4 Å². The summed E-state index contributed by atoms with van der Waals surface area (Å²) in [6.07, 6.45) is 2.56. The van der Waals surface area contributed by atoms with Crippen molar-refractivity contribution in [3.63, 3.8) is 0 Å². The molecule has 0 heterocycles. The fourth-order valence-corrected chi connectivity index (χ4v) is 2.68. The quantitative estimate of drug-likeness (QED) is 0.841. The van der Waals surface area contributed by atoms with Crippen LogP contribution < -0.4 is 10.6 Å². The maximum absolute atomic E-state index is 11.8. The third-order valence-corrected chi connectivity index (χ3v) is 4.72. The smallest absolute Gasteiger partial charge is 0.238 e. The molecule has 1 saturated carbocycles. The largest absolute Gasteiger partial charge is 0.324 e. The van der Waals surface area contributed by atoms with Crippen LogP contribution in [0.4, 0.5) is 5.69 Å². The number of para-hydroxylation sites is 1. The fourth-order valence-electron chi connectivity index (χ4n) is 2.30. The van der Waals surface area contributed by atoms with Gasteiger partial charge in [0.25, 0.3) is 0 Å². The first-order valence-corrected chi connectivity index (χ1v) is 7.58. The molecule has 0 saturated heterocycles. The molecule has 1 fully saturated rings. The average molecular weight is 325 g/mol. The highest BCUT2D eigenvalue weighted by Gasteiger charge is 2.44. The van der Waals surface area contributed by atoms with Gasteiger partial charge in [-0.2, -0.15) is 0 Å². The van der Waals surface area contributed by atoms with E-state index in [0.717, 1.165) is 16.7 Å². The Morgan fingerprint density at radius 2 is 2.05 bits per heavy atom. The van der Waals surface area contributed by atoms with E-state index in [9.17, 15) is 4.79 Å². The average Bonchev–Trinajstić information content (AvgIpc) is 3.13. The van der Waals surface area contributed by atoms with Crippen molar-refractivity contribution >= 4 is 27.5 Å². The molecule has 0 aromatic heterocycles. The van der Waals surface area contributed by atoms with Crippen molar-refractivity contribution in [2.45, 2.75) is 26.7 Å². The van der Waals surface area contributed by atoms with E-state index in [1.807, 2.05) is 24.3 Å². The summed E-state index contributed by atoms with van der Waals surface area (Å²) < 4.78 is 0.907. The van der Waals surface area contributed by atoms with E-state index < -0.39 is 0 Å². The molecule has 2 rings (SSSR count). The molecule has 0 atom stereocenters. The zero-order chi connectivity index (χ0) is 13.9. The van der Waals surface area contributed by atoms with Crippen LogP contribution in [0.1, 0.15) is 26.7 Å². The fraction of sp³-hybridized carbons (Fsp3) is 0.533. The number of carbonyl (C=O) groups excluding carboxylic acids is 1. The maximum atomic E-state index is 11.8. The van der Waals surface area contributed by atoms with Crippen molar-refractivity contribution in [3.8, 4) is 0 Å². The normalized spacial score (nSPS) is 16.4. The van der Waals surface area contributed by atoms with Gasteiger partial charge in [0.15, 0.2) is 0 Å². The monoisotopic (exact) mass is 324 g/mol. The number of rotatable bonds is 6. The highest BCUT2D eigenvalue weighted by molar-refractivity contribution is 9.10. The first-order valence-electron chi connectivity index (χ1n) is 6.79. The summed E-state index contributed by atoms with van der Waals surface area (Å²) in [7, 11) is 0. The summed E-state index contributed by atoms with van der Waals surface area (Å²) in [6, 6.07) is 7.64. The van der Waals surface area contributed by atoms with Gasteiger partial charge >= 0.3 is 0 Å². The second-order valence-electron chi connectivity index (χ2n) is 5.65. The number of nitrogens with one attached hydrogen (secondary N) is 2. The molecule has 2 N–H and O–H groups in total. The Hall–Kier alpha value is -0.870. The molecule has 0 spiro atoms. The molecule has 3 nitrogen and oxygen atoms in total. The summed E-state index contributed by atoms with van der Waals surface area (Å²) in [5.74, 6) is 0.692. The Morgan fingerprint density at radius 1 is 1.37 bits per heavy atom. The number of carbonyl (C=O) groups is 1. The molecule has 1 aliphatic rings. The van der Waals surface area contributed by atoms with Gasteiger partial charge in [-0.05, 0) is 52.2 Å². The van der Waals surface area contributed by atoms with Crippen LogP contribution in [0, 0.1) is 11.3 Å². The molecule has 1 aromatic carbocycles. The van der Waals surface area contributed by atoms with E-state index in [1.54, 1.807) is 0 Å². The third-order valence-electron chi connectivity index (χ3n) is 4.03. The summed E-state index contributed by atoms with van der Waals surface area (Å²) in [4.78, 5) is 11.8. The maximum Gasteiger partial charge on any atom is 0.238 e. The molecule has 0 radical (unpaired) electrons. The summed E-state index contributed by atoms with van der Waals surface area (Å²) in [5, 5.41) is 6.18. The number of benzene rings is 1. The summed E-state index contributed by atoms with van der Waals surface area (Å²) in [6.45, 7) is 5.83. The van der Waals surface area contributed by atoms with Crippen LogP contribution in [0.15, 0.2) is 28.7 Å². The topological polar surface area (TPSA) is 41.1 Å². The molecule has 1 amide bonds. The molecule has 19 heavy (non-hydrogen) atoms. The Kier molecular flexibility index (Phi) is 4.63. The van der Waals surface area contributed by atoms with Crippen LogP contribution in [0.5, 0.6) is 0 Å². The zero-order valence-electron chi connectivity index (χ0n) is 11.5. The van der Waals surface area contributed by atoms with Crippen LogP contribution in [-0.4, -0.2) is 19.0 Å². The van der Waals surface area contributed by atoms with E-state index in [1.165, 1.54) is 12.8 Å². The standard InChI is InChI=1S/C15H21BrN2O/c1-11(2)15(7-8-15)10-17-9-14(19)18-13-6-4-3-5-12(13)16/h3-6,11,17H,7-10H2,1-2H3,(H,18,19). The van der Waals surface area contributed by atoms with Crippen molar-refractivity contribution in [1.82, 2.24) is 5.32 Å². The second kappa shape index (κ2) is 6.06. The number of amides is 1.